The van der Waals surface area contributed by atoms with E-state index in [1.807, 2.05) is 26.0 Å². The van der Waals surface area contributed by atoms with Gasteiger partial charge in [-0.2, -0.15) is 0 Å². The quantitative estimate of drug-likeness (QED) is 0.735. The highest BCUT2D eigenvalue weighted by atomic mass is 32.2. The van der Waals surface area contributed by atoms with Gasteiger partial charge in [-0.15, -0.1) is 10.2 Å². The van der Waals surface area contributed by atoms with Gasteiger partial charge in [0.05, 0.1) is 24.5 Å². The smallest absolute Gasteiger partial charge is 0.233 e. The van der Waals surface area contributed by atoms with Gasteiger partial charge in [0.25, 0.3) is 0 Å². The molecule has 2 aromatic rings. The predicted molar refractivity (Wildman–Crippen MR) is 96.8 cm³/mol. The number of morpholine rings is 1. The maximum Gasteiger partial charge on any atom is 0.233 e. The van der Waals surface area contributed by atoms with Crippen molar-refractivity contribution in [1.29, 1.82) is 0 Å². The Morgan fingerprint density at radius 1 is 1.44 bits per heavy atom. The molecule has 9 heteroatoms. The van der Waals surface area contributed by atoms with Gasteiger partial charge in [0.1, 0.15) is 17.0 Å². The van der Waals surface area contributed by atoms with E-state index in [0.717, 1.165) is 28.9 Å². The van der Waals surface area contributed by atoms with Crippen molar-refractivity contribution in [2.24, 2.45) is 0 Å². The second-order valence-electron chi connectivity index (χ2n) is 5.82. The summed E-state index contributed by atoms with van der Waals surface area (Å²) < 4.78 is 12.1. The summed E-state index contributed by atoms with van der Waals surface area (Å²) in [5.41, 5.74) is 1.67. The fourth-order valence-corrected chi connectivity index (χ4v) is 4.34. The summed E-state index contributed by atoms with van der Waals surface area (Å²) in [7, 11) is 0. The van der Waals surface area contributed by atoms with Crippen molar-refractivity contribution >= 4 is 29.0 Å². The third kappa shape index (κ3) is 5.04. The maximum absolute atomic E-state index is 12.4. The predicted octanol–water partition coefficient (Wildman–Crippen LogP) is 2.11. The van der Waals surface area contributed by atoms with Gasteiger partial charge in [0, 0.05) is 19.6 Å². The highest BCUT2D eigenvalue weighted by Crippen LogP contribution is 2.26. The molecule has 3 rings (SSSR count). The Kier molecular flexibility index (Phi) is 6.46. The van der Waals surface area contributed by atoms with Gasteiger partial charge in [0.15, 0.2) is 4.34 Å². The maximum atomic E-state index is 12.4. The van der Waals surface area contributed by atoms with E-state index in [9.17, 15) is 4.79 Å². The topological polar surface area (TPSA) is 80.5 Å². The Morgan fingerprint density at radius 2 is 2.24 bits per heavy atom. The lowest BCUT2D eigenvalue weighted by Gasteiger charge is -2.33. The molecule has 0 bridgehead atoms. The zero-order valence-corrected chi connectivity index (χ0v) is 15.9. The SMILES string of the molecule is Cc1ccc(C(CNC(=O)C(C)Sc2nncs2)N2CCOCC2)o1. The normalized spacial score (nSPS) is 18.0. The summed E-state index contributed by atoms with van der Waals surface area (Å²) in [5.74, 6) is 1.74. The molecule has 1 aliphatic heterocycles. The summed E-state index contributed by atoms with van der Waals surface area (Å²) in [6, 6.07) is 3.96. The van der Waals surface area contributed by atoms with Crippen LogP contribution in [0, 0.1) is 6.92 Å². The van der Waals surface area contributed by atoms with Gasteiger partial charge in [-0.25, -0.2) is 0 Å². The highest BCUT2D eigenvalue weighted by Gasteiger charge is 2.26. The monoisotopic (exact) mass is 382 g/mol. The van der Waals surface area contributed by atoms with Gasteiger partial charge in [-0.05, 0) is 26.0 Å². The first-order valence-corrected chi connectivity index (χ1v) is 9.98. The highest BCUT2D eigenvalue weighted by molar-refractivity contribution is 8.02. The van der Waals surface area contributed by atoms with E-state index >= 15 is 0 Å². The number of aromatic nitrogens is 2. The van der Waals surface area contributed by atoms with Crippen LogP contribution in [0.1, 0.15) is 24.5 Å². The van der Waals surface area contributed by atoms with E-state index in [1.54, 1.807) is 5.51 Å². The number of nitrogens with zero attached hydrogens (tertiary/aromatic N) is 3. The Morgan fingerprint density at radius 3 is 2.88 bits per heavy atom. The van der Waals surface area contributed by atoms with E-state index in [1.165, 1.54) is 23.1 Å². The molecule has 136 valence electrons. The number of ether oxygens (including phenoxy) is 1. The molecule has 1 amide bonds. The van der Waals surface area contributed by atoms with Gasteiger partial charge < -0.3 is 14.5 Å². The summed E-state index contributed by atoms with van der Waals surface area (Å²) in [6.45, 7) is 7.37. The molecule has 7 nitrogen and oxygen atoms in total. The molecule has 1 fully saturated rings. The summed E-state index contributed by atoms with van der Waals surface area (Å²) in [4.78, 5) is 14.7. The number of hydrogen-bond donors (Lipinski definition) is 1. The Balaban J connectivity index is 1.60. The molecule has 0 spiro atoms. The minimum atomic E-state index is -0.225. The van der Waals surface area contributed by atoms with E-state index in [4.69, 9.17) is 9.15 Å². The van der Waals surface area contributed by atoms with E-state index in [2.05, 4.69) is 20.4 Å². The molecule has 2 unspecified atom stereocenters. The lowest BCUT2D eigenvalue weighted by Crippen LogP contribution is -2.44. The number of rotatable bonds is 7. The van der Waals surface area contributed by atoms with Crippen LogP contribution in [0.4, 0.5) is 0 Å². The number of hydrogen-bond acceptors (Lipinski definition) is 8. The number of amides is 1. The van der Waals surface area contributed by atoms with Gasteiger partial charge in [0.2, 0.25) is 5.91 Å². The largest absolute Gasteiger partial charge is 0.465 e. The van der Waals surface area contributed by atoms with Crippen molar-refractivity contribution < 1.29 is 13.9 Å². The molecule has 1 N–H and O–H groups in total. The molecule has 0 radical (unpaired) electrons. The molecule has 0 aliphatic carbocycles. The third-order valence-corrected chi connectivity index (χ3v) is 5.94. The van der Waals surface area contributed by atoms with Crippen molar-refractivity contribution in [2.45, 2.75) is 29.5 Å². The van der Waals surface area contributed by atoms with Crippen LogP contribution in [-0.2, 0) is 9.53 Å². The van der Waals surface area contributed by atoms with Crippen LogP contribution in [0.2, 0.25) is 0 Å². The number of nitrogens with one attached hydrogen (secondary N) is 1. The Labute approximate surface area is 155 Å². The zero-order valence-electron chi connectivity index (χ0n) is 14.3. The van der Waals surface area contributed by atoms with Crippen LogP contribution in [0.25, 0.3) is 0 Å². The number of thioether (sulfide) groups is 1. The van der Waals surface area contributed by atoms with Crippen molar-refractivity contribution in [3.8, 4) is 0 Å². The van der Waals surface area contributed by atoms with Crippen LogP contribution >= 0.6 is 23.1 Å². The molecule has 3 heterocycles. The average molecular weight is 383 g/mol. The van der Waals surface area contributed by atoms with Crippen molar-refractivity contribution in [1.82, 2.24) is 20.4 Å². The Hall–Kier alpha value is -1.42. The summed E-state index contributed by atoms with van der Waals surface area (Å²) >= 11 is 2.86. The number of aryl methyl sites for hydroxylation is 1. The summed E-state index contributed by atoms with van der Waals surface area (Å²) in [6.07, 6.45) is 0. The number of carbonyl (C=O) groups excluding carboxylic acids is 1. The third-order valence-electron chi connectivity index (χ3n) is 4.03. The Bertz CT molecular complexity index is 671. The van der Waals surface area contributed by atoms with Crippen molar-refractivity contribution in [2.75, 3.05) is 32.8 Å². The van der Waals surface area contributed by atoms with Gasteiger partial charge in [-0.3, -0.25) is 9.69 Å². The van der Waals surface area contributed by atoms with Crippen LogP contribution < -0.4 is 5.32 Å². The van der Waals surface area contributed by atoms with Crippen molar-refractivity contribution in [3.05, 3.63) is 29.2 Å². The molecule has 1 aliphatic rings. The van der Waals surface area contributed by atoms with Crippen LogP contribution in [0.3, 0.4) is 0 Å². The van der Waals surface area contributed by atoms with Crippen molar-refractivity contribution in [3.63, 3.8) is 0 Å². The minimum absolute atomic E-state index is 0.0123. The van der Waals surface area contributed by atoms with E-state index in [-0.39, 0.29) is 17.2 Å². The first-order chi connectivity index (χ1) is 12.1. The minimum Gasteiger partial charge on any atom is -0.465 e. The number of furan rings is 1. The molecule has 2 aromatic heterocycles. The lowest BCUT2D eigenvalue weighted by molar-refractivity contribution is -0.120. The van der Waals surface area contributed by atoms with E-state index in [0.29, 0.717) is 19.8 Å². The lowest BCUT2D eigenvalue weighted by atomic mass is 10.1. The molecule has 1 saturated heterocycles. The first kappa shape index (κ1) is 18.4. The summed E-state index contributed by atoms with van der Waals surface area (Å²) in [5, 5.41) is 10.6. The second kappa shape index (κ2) is 8.79. The van der Waals surface area contributed by atoms with Crippen LogP contribution in [-0.4, -0.2) is 59.1 Å². The van der Waals surface area contributed by atoms with Crippen LogP contribution in [0.5, 0.6) is 0 Å². The molecule has 25 heavy (non-hydrogen) atoms. The second-order valence-corrected chi connectivity index (χ2v) is 8.24. The molecular weight excluding hydrogens is 360 g/mol. The van der Waals surface area contributed by atoms with Gasteiger partial charge in [-0.1, -0.05) is 23.1 Å². The molecular formula is C16H22N4O3S2. The average Bonchev–Trinajstić information content (AvgIpc) is 3.28. The van der Waals surface area contributed by atoms with Gasteiger partial charge >= 0.3 is 0 Å². The molecule has 0 aromatic carbocycles. The fraction of sp³-hybridized carbons (Fsp3) is 0.562. The standard InChI is InChI=1S/C16H22N4O3S2/c1-11-3-4-14(23-11)13(20-5-7-22-8-6-20)9-17-15(21)12(2)25-16-19-18-10-24-16/h3-4,10,12-13H,5-9H2,1-2H3,(H,17,21). The molecule has 0 saturated carbocycles. The number of carbonyl (C=O) groups is 1. The molecule has 2 atom stereocenters. The fourth-order valence-electron chi connectivity index (χ4n) is 2.69. The van der Waals surface area contributed by atoms with Crippen LogP contribution in [0.15, 0.2) is 26.4 Å². The first-order valence-electron chi connectivity index (χ1n) is 8.22. The van der Waals surface area contributed by atoms with E-state index < -0.39 is 0 Å². The zero-order chi connectivity index (χ0) is 17.6.